The van der Waals surface area contributed by atoms with E-state index in [0.717, 1.165) is 0 Å². The van der Waals surface area contributed by atoms with Crippen molar-refractivity contribution in [2.24, 2.45) is 71.6 Å². The van der Waals surface area contributed by atoms with E-state index in [-0.39, 0.29) is 23.0 Å². The maximum absolute atomic E-state index is 14.1. The quantitative estimate of drug-likeness (QED) is 0.0210. The van der Waals surface area contributed by atoms with Crippen LogP contribution < -0.4 is 88.8 Å². The first kappa shape index (κ1) is 51.9. The zero-order valence-electron chi connectivity index (χ0n) is 36.3. The molecule has 7 amide bonds. The summed E-state index contributed by atoms with van der Waals surface area (Å²) in [7, 11) is 0. The van der Waals surface area contributed by atoms with Gasteiger partial charge in [0.1, 0.15) is 11.9 Å². The van der Waals surface area contributed by atoms with Crippen molar-refractivity contribution in [3.05, 3.63) is 90.5 Å². The fourth-order valence-corrected chi connectivity index (χ4v) is 5.70. The van der Waals surface area contributed by atoms with Gasteiger partial charge >= 0.3 is 0 Å². The van der Waals surface area contributed by atoms with Crippen LogP contribution in [0, 0.1) is 0 Å². The highest BCUT2D eigenvalue weighted by molar-refractivity contribution is 6.00. The smallest absolute Gasteiger partial charge is 0.270 e. The summed E-state index contributed by atoms with van der Waals surface area (Å²) in [4.78, 5) is 117. The van der Waals surface area contributed by atoms with E-state index in [1.807, 2.05) is 11.4 Å². The fourth-order valence-electron chi connectivity index (χ4n) is 5.70. The molecule has 0 spiro atoms. The number of amidine groups is 1. The highest BCUT2D eigenvalue weighted by atomic mass is 16.3. The molecular weight excluding hydrogens is 905 g/mol. The summed E-state index contributed by atoms with van der Waals surface area (Å²) in [5.41, 5.74) is 50.5. The van der Waals surface area contributed by atoms with E-state index in [1.165, 1.54) is 31.2 Å². The minimum atomic E-state index is -2.16. The number of guanidine groups is 3. The summed E-state index contributed by atoms with van der Waals surface area (Å²) in [6.45, 7) is 1.21. The van der Waals surface area contributed by atoms with E-state index in [4.69, 9.17) is 51.6 Å². The van der Waals surface area contributed by atoms with Crippen LogP contribution in [0.15, 0.2) is 105 Å². The van der Waals surface area contributed by atoms with Crippen LogP contribution in [0.1, 0.15) is 18.5 Å². The van der Waals surface area contributed by atoms with Crippen molar-refractivity contribution < 1.29 is 38.7 Å². The number of hydrogen-bond donors (Lipinski definition) is 17. The maximum atomic E-state index is 14.1. The molecule has 4 aromatic rings. The second kappa shape index (κ2) is 24.0. The van der Waals surface area contributed by atoms with Gasteiger partial charge in [-0.15, -0.1) is 0 Å². The fraction of sp³-hybridized carbons (Fsp3) is 0.205. The molecule has 0 saturated heterocycles. The average molecular weight is 955 g/mol. The second-order valence-electron chi connectivity index (χ2n) is 14.1. The van der Waals surface area contributed by atoms with Gasteiger partial charge in [-0.2, -0.15) is 0 Å². The summed E-state index contributed by atoms with van der Waals surface area (Å²) in [6.07, 6.45) is -12.1. The lowest BCUT2D eigenvalue weighted by molar-refractivity contribution is -0.135. The Hall–Kier alpha value is -9.71. The number of carbonyl (C=O) groups is 7. The molecule has 0 bridgehead atoms. The molecule has 1 aromatic heterocycles. The van der Waals surface area contributed by atoms with Crippen LogP contribution in [0.25, 0.3) is 22.3 Å². The molecule has 30 heteroatoms. The number of nitrogens with zero attached hydrogens (tertiary/aromatic N) is 6. The Morgan fingerprint density at radius 1 is 0.522 bits per heavy atom. The topological polar surface area (TPSA) is 533 Å². The third-order valence-electron chi connectivity index (χ3n) is 8.72. The lowest BCUT2D eigenvalue weighted by Gasteiger charge is -2.24. The van der Waals surface area contributed by atoms with Crippen LogP contribution in [-0.2, 0) is 33.6 Å². The molecule has 4 rings (SSSR count). The molecule has 7 atom stereocenters. The number of aliphatic hydroxyl groups excluding tert-OH is 1. The van der Waals surface area contributed by atoms with Crippen molar-refractivity contribution in [3.63, 3.8) is 0 Å². The van der Waals surface area contributed by atoms with Gasteiger partial charge in [0.15, 0.2) is 29.9 Å². The number of rotatable bonds is 21. The van der Waals surface area contributed by atoms with Crippen LogP contribution in [0.2, 0.25) is 0 Å². The number of hydrogen-bond acceptors (Lipinski definition) is 16. The van der Waals surface area contributed by atoms with Gasteiger partial charge in [0, 0.05) is 10.9 Å². The molecule has 0 saturated carbocycles. The van der Waals surface area contributed by atoms with Gasteiger partial charge in [0.05, 0.1) is 11.4 Å². The minimum Gasteiger partial charge on any atom is -0.388 e. The van der Waals surface area contributed by atoms with Crippen LogP contribution >= 0.6 is 0 Å². The van der Waals surface area contributed by atoms with Gasteiger partial charge in [-0.25, -0.2) is 29.9 Å². The zero-order chi connectivity index (χ0) is 50.9. The number of aliphatic hydroxyl groups is 1. The third-order valence-corrected chi connectivity index (χ3v) is 8.72. The molecule has 26 N–H and O–H groups in total. The van der Waals surface area contributed by atoms with Crippen LogP contribution in [-0.4, -0.2) is 117 Å². The van der Waals surface area contributed by atoms with Crippen LogP contribution in [0.5, 0.6) is 0 Å². The summed E-state index contributed by atoms with van der Waals surface area (Å²) >= 11 is 0. The third kappa shape index (κ3) is 15.5. The number of carbonyl (C=O) groups excluding carboxylic acids is 7. The number of amides is 7. The number of primary amides is 1. The monoisotopic (exact) mass is 954 g/mol. The predicted molar refractivity (Wildman–Crippen MR) is 250 cm³/mol. The number of benzene rings is 3. The molecule has 7 unspecified atom stereocenters. The summed E-state index contributed by atoms with van der Waals surface area (Å²) < 4.78 is 0. The second-order valence-corrected chi connectivity index (χ2v) is 14.1. The highest BCUT2D eigenvalue weighted by Gasteiger charge is 2.34. The Balaban J connectivity index is 1.57. The zero-order valence-corrected chi connectivity index (χ0v) is 36.3. The number of anilines is 1. The number of para-hydroxylation sites is 1. The molecule has 3 aromatic carbocycles. The molecule has 69 heavy (non-hydrogen) atoms. The molecule has 0 radical (unpaired) electrons. The lowest BCUT2D eigenvalue weighted by atomic mass is 10.1. The Morgan fingerprint density at radius 3 is 1.43 bits per heavy atom. The Bertz CT molecular complexity index is 2650. The average Bonchev–Trinajstić information content (AvgIpc) is 3.29. The summed E-state index contributed by atoms with van der Waals surface area (Å²) in [5, 5.41) is 27.2. The lowest BCUT2D eigenvalue weighted by Crippen LogP contribution is -2.60. The van der Waals surface area contributed by atoms with Crippen molar-refractivity contribution in [1.29, 1.82) is 0 Å². The summed E-state index contributed by atoms with van der Waals surface area (Å²) in [5.74, 6) is -11.0. The van der Waals surface area contributed by atoms with E-state index in [0.29, 0.717) is 16.5 Å². The molecule has 30 nitrogen and oxygen atoms in total. The predicted octanol–water partition coefficient (Wildman–Crippen LogP) is -7.26. The van der Waals surface area contributed by atoms with Crippen molar-refractivity contribution in [1.82, 2.24) is 41.9 Å². The van der Waals surface area contributed by atoms with Gasteiger partial charge in [-0.05, 0) is 24.6 Å². The molecule has 0 aliphatic carbocycles. The SMILES string of the molecule is CC(N)=NC(NC(=O)C(N=C(N)N)NC(=O)C(N=C(N)N)NC(=O)C(NC(=O)C(O)Nc1nc(-c2ccccc2)nc2ccccc12)c1ccccc1)C(=O)NC(N=C(N)N)C(=O)NC(N)C(N)=O. The van der Waals surface area contributed by atoms with E-state index in [1.54, 1.807) is 54.6 Å². The normalized spacial score (nSPS) is 14.0. The van der Waals surface area contributed by atoms with Crippen molar-refractivity contribution in [2.75, 3.05) is 5.32 Å². The van der Waals surface area contributed by atoms with Gasteiger partial charge in [0.25, 0.3) is 35.4 Å². The van der Waals surface area contributed by atoms with E-state index >= 15 is 0 Å². The van der Waals surface area contributed by atoms with Crippen molar-refractivity contribution >= 4 is 81.8 Å². The Kier molecular flexibility index (Phi) is 18.1. The first-order valence-electron chi connectivity index (χ1n) is 19.9. The van der Waals surface area contributed by atoms with Crippen molar-refractivity contribution in [3.8, 4) is 11.4 Å². The van der Waals surface area contributed by atoms with Gasteiger partial charge < -0.3 is 93.9 Å². The molecule has 364 valence electrons. The van der Waals surface area contributed by atoms with E-state index in [9.17, 15) is 38.7 Å². The summed E-state index contributed by atoms with van der Waals surface area (Å²) in [6, 6.07) is 21.7. The Morgan fingerprint density at radius 2 is 0.957 bits per heavy atom. The minimum absolute atomic E-state index is 0.0772. The van der Waals surface area contributed by atoms with Crippen molar-refractivity contribution in [2.45, 2.75) is 50.0 Å². The van der Waals surface area contributed by atoms with E-state index in [2.05, 4.69) is 61.8 Å². The molecule has 0 aliphatic rings. The number of aromatic nitrogens is 2. The molecular formula is C39H50N22O8. The number of nitrogens with one attached hydrogen (secondary N) is 7. The first-order chi connectivity index (χ1) is 32.6. The van der Waals surface area contributed by atoms with Crippen LogP contribution in [0.3, 0.4) is 0 Å². The van der Waals surface area contributed by atoms with Gasteiger partial charge in [-0.3, -0.25) is 33.6 Å². The molecule has 1 heterocycles. The highest BCUT2D eigenvalue weighted by Crippen LogP contribution is 2.25. The maximum Gasteiger partial charge on any atom is 0.270 e. The first-order valence-corrected chi connectivity index (χ1v) is 19.9. The number of nitrogens with two attached hydrogens (primary N) is 9. The van der Waals surface area contributed by atoms with Gasteiger partial charge in [-0.1, -0.05) is 72.8 Å². The number of aliphatic imine (C=N–C) groups is 4. The molecule has 0 aliphatic heterocycles. The Labute approximate surface area is 390 Å². The number of fused-ring (bicyclic) bond motifs is 1. The van der Waals surface area contributed by atoms with E-state index < -0.39 is 102 Å². The van der Waals surface area contributed by atoms with Crippen LogP contribution in [0.4, 0.5) is 5.82 Å². The largest absolute Gasteiger partial charge is 0.388 e. The molecule has 0 fully saturated rings. The van der Waals surface area contributed by atoms with Gasteiger partial charge in [0.2, 0.25) is 36.8 Å². The standard InChI is InChI=1S/C39H50N22O8/c1-16(40)49-26(32(65)57-27(59-37(43)44)31(64)52-22(41)23(42)62)56-34(67)29(61-39(47)48)58-33(66)28(60-38(45)46)55-30(63)21(17-10-4-2-5-11-17)51-35(68)36(69)54-25-19-14-8-9-15-20(19)50-24(53-25)18-12-6-3-7-13-18/h2-15,21-22,26-29,36,69H,41H2,1H3,(H2,40,49)(H2,42,62)(H,51,68)(H,52,64)(H,55,63)(H,56,67)(H,57,65)(H,58,66)(H4,43,44,59)(H4,45,46,60)(H4,47,48,61)(H,50,53,54).